The third-order valence-corrected chi connectivity index (χ3v) is 7.63. The number of hydrogen-bond donors (Lipinski definition) is 2. The topological polar surface area (TPSA) is 112 Å². The zero-order chi connectivity index (χ0) is 25.9. The predicted molar refractivity (Wildman–Crippen MR) is 164 cm³/mol. The maximum atomic E-state index is 14.1. The van der Waals surface area contributed by atoms with Crippen molar-refractivity contribution in [2.24, 2.45) is 16.3 Å². The molecule has 2 atom stereocenters. The molecule has 0 bridgehead atoms. The molecule has 0 radical (unpaired) electrons. The van der Waals surface area contributed by atoms with Gasteiger partial charge in [-0.2, -0.15) is 5.10 Å². The summed E-state index contributed by atoms with van der Waals surface area (Å²) in [5.41, 5.74) is 6.46. The Morgan fingerprint density at radius 1 is 0.925 bits per heavy atom. The predicted octanol–water partition coefficient (Wildman–Crippen LogP) is 4.60. The summed E-state index contributed by atoms with van der Waals surface area (Å²) in [5, 5.41) is 16.7. The number of benzene rings is 2. The fourth-order valence-electron chi connectivity index (χ4n) is 5.59. The number of pyridine rings is 1. The molecule has 2 aliphatic rings. The molecule has 11 heteroatoms. The molecule has 1 aliphatic carbocycles. The molecule has 1 fully saturated rings. The lowest BCUT2D eigenvalue weighted by atomic mass is 9.56. The Balaban J connectivity index is 0.00000187. The van der Waals surface area contributed by atoms with Crippen LogP contribution >= 0.6 is 37.2 Å². The molecular weight excluding hydrogens is 573 g/mol. The number of carbonyl (C=O) groups excluding carboxylic acids is 1. The van der Waals surface area contributed by atoms with E-state index in [0.717, 1.165) is 24.5 Å². The minimum atomic E-state index is -1.58. The third-order valence-electron chi connectivity index (χ3n) is 7.63. The molecule has 3 N–H and O–H groups in total. The van der Waals surface area contributed by atoms with Gasteiger partial charge >= 0.3 is 5.97 Å². The summed E-state index contributed by atoms with van der Waals surface area (Å²) < 4.78 is 0. The Hall–Kier alpha value is -3.17. The molecule has 0 spiro atoms. The zero-order valence-electron chi connectivity index (χ0n) is 21.9. The minimum absolute atomic E-state index is 0. The number of hydrazone groups is 1. The Bertz CT molecular complexity index is 1310. The van der Waals surface area contributed by atoms with Crippen LogP contribution in [0.15, 0.2) is 84.1 Å². The third kappa shape index (κ3) is 6.25. The summed E-state index contributed by atoms with van der Waals surface area (Å²) in [6, 6.07) is 22.3. The largest absolute Gasteiger partial charge is 0.481 e. The highest BCUT2D eigenvalue weighted by molar-refractivity contribution is 6.07. The Morgan fingerprint density at radius 3 is 2.23 bits per heavy atom. The second kappa shape index (κ2) is 13.9. The number of carboxylic acids is 1. The molecule has 0 saturated carbocycles. The van der Waals surface area contributed by atoms with E-state index in [1.54, 1.807) is 36.7 Å². The number of halogens is 3. The molecule has 1 aromatic heterocycles. The maximum absolute atomic E-state index is 14.1. The van der Waals surface area contributed by atoms with Gasteiger partial charge < -0.3 is 15.7 Å². The summed E-state index contributed by atoms with van der Waals surface area (Å²) >= 11 is 0. The van der Waals surface area contributed by atoms with Gasteiger partial charge in [0.1, 0.15) is 11.4 Å². The summed E-state index contributed by atoms with van der Waals surface area (Å²) in [6.07, 6.45) is 4.16. The van der Waals surface area contributed by atoms with Crippen LogP contribution < -0.4 is 10.6 Å². The fraction of sp³-hybridized carbons (Fsp3) is 0.310. The van der Waals surface area contributed by atoms with Gasteiger partial charge in [0.25, 0.3) is 0 Å². The Morgan fingerprint density at radius 2 is 1.57 bits per heavy atom. The van der Waals surface area contributed by atoms with Crippen LogP contribution in [0.1, 0.15) is 34.3 Å². The van der Waals surface area contributed by atoms with Crippen molar-refractivity contribution < 1.29 is 14.7 Å². The first-order chi connectivity index (χ1) is 17.9. The number of carbonyl (C=O) groups is 2. The normalized spacial score (nSPS) is 21.8. The Kier molecular flexibility index (Phi) is 11.5. The molecule has 2 heterocycles. The minimum Gasteiger partial charge on any atom is -0.481 e. The lowest BCUT2D eigenvalue weighted by Gasteiger charge is -2.49. The molecule has 8 nitrogen and oxygen atoms in total. The summed E-state index contributed by atoms with van der Waals surface area (Å²) in [7, 11) is 0. The number of piperazine rings is 1. The second-order valence-corrected chi connectivity index (χ2v) is 9.76. The van der Waals surface area contributed by atoms with E-state index in [-0.39, 0.29) is 49.4 Å². The standard InChI is InChI=1S/C29H31N5O3.3ClH/c30-29(27(37)23-9-2-1-3-10-23)24-11-5-4-8-22(24)13-14-28(29,20-26(35)36)21-32-34-18-16-33(17-19-34)25-12-6-7-15-31-25;;;/h1-12,15,21H,13-14,16-20,30H2,(H,35,36);3*1H. The van der Waals surface area contributed by atoms with Crippen molar-refractivity contribution in [3.63, 3.8) is 0 Å². The molecular formula is C29H34Cl3N5O3. The molecule has 1 aliphatic heterocycles. The van der Waals surface area contributed by atoms with Crippen molar-refractivity contribution in [2.75, 3.05) is 31.1 Å². The number of aryl methyl sites for hydroxylation is 1. The van der Waals surface area contributed by atoms with E-state index in [0.29, 0.717) is 37.1 Å². The van der Waals surface area contributed by atoms with Crippen molar-refractivity contribution in [1.82, 2.24) is 9.99 Å². The maximum Gasteiger partial charge on any atom is 0.304 e. The van der Waals surface area contributed by atoms with Gasteiger partial charge in [-0.3, -0.25) is 14.6 Å². The smallest absolute Gasteiger partial charge is 0.304 e. The summed E-state index contributed by atoms with van der Waals surface area (Å²) in [6.45, 7) is 2.77. The number of aliphatic carboxylic acids is 1. The van der Waals surface area contributed by atoms with E-state index in [1.807, 2.05) is 53.5 Å². The van der Waals surface area contributed by atoms with E-state index in [2.05, 4.69) is 9.88 Å². The fourth-order valence-corrected chi connectivity index (χ4v) is 5.59. The number of anilines is 1. The molecule has 3 aromatic rings. The number of Topliss-reactive ketones (excluding diaryl/α,β-unsaturated/α-hetero) is 1. The molecule has 2 unspecified atom stereocenters. The first kappa shape index (κ1) is 33.0. The van der Waals surface area contributed by atoms with Gasteiger partial charge in [0.05, 0.1) is 19.5 Å². The molecule has 1 saturated heterocycles. The van der Waals surface area contributed by atoms with E-state index in [1.165, 1.54) is 0 Å². The van der Waals surface area contributed by atoms with E-state index in [9.17, 15) is 14.7 Å². The number of hydrogen-bond acceptors (Lipinski definition) is 7. The lowest BCUT2D eigenvalue weighted by Crippen LogP contribution is -2.62. The van der Waals surface area contributed by atoms with Crippen molar-refractivity contribution >= 4 is 61.0 Å². The number of nitrogens with two attached hydrogens (primary N) is 1. The molecule has 5 rings (SSSR count). The SMILES string of the molecule is Cl.Cl.Cl.NC1(C(=O)c2ccccc2)c2ccccc2CCC1(C=NN1CCN(c2ccccn2)CC1)CC(=O)O. The number of nitrogens with zero attached hydrogens (tertiary/aromatic N) is 4. The highest BCUT2D eigenvalue weighted by Gasteiger charge is 2.58. The number of aromatic nitrogens is 1. The Labute approximate surface area is 252 Å². The van der Waals surface area contributed by atoms with Crippen LogP contribution in [-0.2, 0) is 16.8 Å². The van der Waals surface area contributed by atoms with Crippen molar-refractivity contribution in [3.8, 4) is 0 Å². The molecule has 2 aromatic carbocycles. The average molecular weight is 607 g/mol. The van der Waals surface area contributed by atoms with Crippen LogP contribution in [0.5, 0.6) is 0 Å². The quantitative estimate of drug-likeness (QED) is 0.299. The molecule has 40 heavy (non-hydrogen) atoms. The van der Waals surface area contributed by atoms with E-state index in [4.69, 9.17) is 10.8 Å². The number of fused-ring (bicyclic) bond motifs is 1. The van der Waals surface area contributed by atoms with Crippen molar-refractivity contribution in [2.45, 2.75) is 24.8 Å². The van der Waals surface area contributed by atoms with Gasteiger partial charge in [-0.15, -0.1) is 37.2 Å². The van der Waals surface area contributed by atoms with Crippen LogP contribution in [0.3, 0.4) is 0 Å². The summed E-state index contributed by atoms with van der Waals surface area (Å²) in [4.78, 5) is 33.0. The second-order valence-electron chi connectivity index (χ2n) is 9.76. The van der Waals surface area contributed by atoms with Gasteiger partial charge in [0.2, 0.25) is 0 Å². The zero-order valence-corrected chi connectivity index (χ0v) is 24.3. The van der Waals surface area contributed by atoms with Crippen LogP contribution in [0.2, 0.25) is 0 Å². The first-order valence-electron chi connectivity index (χ1n) is 12.6. The number of rotatable bonds is 7. The van der Waals surface area contributed by atoms with Gasteiger partial charge in [-0.1, -0.05) is 60.7 Å². The van der Waals surface area contributed by atoms with Crippen molar-refractivity contribution in [1.29, 1.82) is 0 Å². The highest BCUT2D eigenvalue weighted by atomic mass is 35.5. The first-order valence-corrected chi connectivity index (χ1v) is 12.6. The van der Waals surface area contributed by atoms with Crippen molar-refractivity contribution in [3.05, 3.63) is 95.7 Å². The van der Waals surface area contributed by atoms with E-state index >= 15 is 0 Å². The molecule has 0 amide bonds. The van der Waals surface area contributed by atoms with Gasteiger partial charge in [-0.25, -0.2) is 4.98 Å². The van der Waals surface area contributed by atoms with Crippen LogP contribution in [0, 0.1) is 5.41 Å². The number of ketones is 1. The monoisotopic (exact) mass is 605 g/mol. The molecule has 214 valence electrons. The van der Waals surface area contributed by atoms with Crippen LogP contribution in [0.4, 0.5) is 5.82 Å². The lowest BCUT2D eigenvalue weighted by molar-refractivity contribution is -0.139. The van der Waals surface area contributed by atoms with E-state index < -0.39 is 16.9 Å². The van der Waals surface area contributed by atoms with Gasteiger partial charge in [-0.05, 0) is 36.1 Å². The average Bonchev–Trinajstić information content (AvgIpc) is 2.94. The highest BCUT2D eigenvalue weighted by Crippen LogP contribution is 2.50. The van der Waals surface area contributed by atoms with Gasteiger partial charge in [0, 0.05) is 36.5 Å². The van der Waals surface area contributed by atoms with Crippen LogP contribution in [0.25, 0.3) is 0 Å². The summed E-state index contributed by atoms with van der Waals surface area (Å²) in [5.74, 6) is -0.388. The number of carboxylic acid groups (broad SMARTS) is 1. The van der Waals surface area contributed by atoms with Gasteiger partial charge in [0.15, 0.2) is 5.78 Å². The van der Waals surface area contributed by atoms with Crippen LogP contribution in [-0.4, -0.2) is 59.2 Å².